The maximum absolute atomic E-state index is 13.3. The maximum Gasteiger partial charge on any atom is 0.309 e. The lowest BCUT2D eigenvalue weighted by molar-refractivity contribution is -0.145. The van der Waals surface area contributed by atoms with E-state index in [1.165, 1.54) is 23.3 Å². The molecule has 2 aliphatic carbocycles. The van der Waals surface area contributed by atoms with Crippen molar-refractivity contribution in [3.05, 3.63) is 70.5 Å². The average molecular weight is 389 g/mol. The van der Waals surface area contributed by atoms with Crippen molar-refractivity contribution in [3.63, 3.8) is 0 Å². The fourth-order valence-electron chi connectivity index (χ4n) is 5.16. The number of benzene rings is 2. The van der Waals surface area contributed by atoms with Gasteiger partial charge in [-0.25, -0.2) is 4.39 Å². The molecule has 2 aromatic rings. The van der Waals surface area contributed by atoms with E-state index in [-0.39, 0.29) is 17.7 Å². The van der Waals surface area contributed by atoms with E-state index >= 15 is 0 Å². The van der Waals surface area contributed by atoms with Crippen LogP contribution < -0.4 is 0 Å². The molecule has 3 nitrogen and oxygen atoms in total. The summed E-state index contributed by atoms with van der Waals surface area (Å²) in [5.74, 6) is 7.05. The SMILES string of the molecule is CCOC(=O)C1C2CN(C3CCc4cc(C#Cc5cccc(F)c5)ccc43)C[C@H]21. The molecule has 3 aliphatic rings. The number of hydrogen-bond donors (Lipinski definition) is 0. The van der Waals surface area contributed by atoms with E-state index < -0.39 is 0 Å². The molecule has 4 heteroatoms. The van der Waals surface area contributed by atoms with Crippen molar-refractivity contribution < 1.29 is 13.9 Å². The highest BCUT2D eigenvalue weighted by Crippen LogP contribution is 2.55. The fraction of sp³-hybridized carbons (Fsp3) is 0.400. The minimum absolute atomic E-state index is 0.00418. The normalized spacial score (nSPS) is 27.0. The first-order valence-corrected chi connectivity index (χ1v) is 10.4. The van der Waals surface area contributed by atoms with Gasteiger partial charge in [0.05, 0.1) is 12.5 Å². The zero-order chi connectivity index (χ0) is 20.0. The number of hydrogen-bond acceptors (Lipinski definition) is 3. The van der Waals surface area contributed by atoms with Crippen molar-refractivity contribution in [1.29, 1.82) is 0 Å². The van der Waals surface area contributed by atoms with Crippen LogP contribution >= 0.6 is 0 Å². The van der Waals surface area contributed by atoms with Crippen molar-refractivity contribution >= 4 is 5.97 Å². The number of halogens is 1. The highest BCUT2D eigenvalue weighted by atomic mass is 19.1. The van der Waals surface area contributed by atoms with Crippen LogP contribution in [0, 0.1) is 35.4 Å². The Balaban J connectivity index is 1.26. The summed E-state index contributed by atoms with van der Waals surface area (Å²) in [5, 5.41) is 0. The average Bonchev–Trinajstić information content (AvgIpc) is 3.04. The summed E-state index contributed by atoms with van der Waals surface area (Å²) in [6, 6.07) is 13.3. The predicted molar refractivity (Wildman–Crippen MR) is 109 cm³/mol. The Kier molecular flexibility index (Phi) is 4.64. The first-order valence-electron chi connectivity index (χ1n) is 10.4. The number of rotatable bonds is 3. The highest BCUT2D eigenvalue weighted by molar-refractivity contribution is 5.77. The Bertz CT molecular complexity index is 1010. The Morgan fingerprint density at radius 1 is 1.14 bits per heavy atom. The molecule has 1 heterocycles. The summed E-state index contributed by atoms with van der Waals surface area (Å²) in [4.78, 5) is 14.5. The van der Waals surface area contributed by atoms with Crippen LogP contribution in [0.25, 0.3) is 0 Å². The lowest BCUT2D eigenvalue weighted by atomic mass is 10.0. The van der Waals surface area contributed by atoms with Crippen molar-refractivity contribution in [2.24, 2.45) is 17.8 Å². The van der Waals surface area contributed by atoms with Crippen LogP contribution in [0.4, 0.5) is 4.39 Å². The summed E-state index contributed by atoms with van der Waals surface area (Å²) >= 11 is 0. The molecule has 0 bridgehead atoms. The minimum atomic E-state index is -0.262. The summed E-state index contributed by atoms with van der Waals surface area (Å²) in [6.07, 6.45) is 2.18. The third kappa shape index (κ3) is 3.45. The van der Waals surface area contributed by atoms with E-state index in [9.17, 15) is 9.18 Å². The monoisotopic (exact) mass is 389 g/mol. The lowest BCUT2D eigenvalue weighted by Crippen LogP contribution is -2.30. The second-order valence-corrected chi connectivity index (χ2v) is 8.29. The fourth-order valence-corrected chi connectivity index (χ4v) is 5.16. The standard InChI is InChI=1S/C25H24FNO2/c1-2-29-25(28)24-21-14-27(15-22(21)24)23-11-9-18-12-17(8-10-20(18)23)7-6-16-4-3-5-19(26)13-16/h3-5,8,10,12-13,21-24H,2,9,11,14-15H2,1H3/t21-,22?,23?,24?/m1/s1. The number of fused-ring (bicyclic) bond motifs is 2. The third-order valence-electron chi connectivity index (χ3n) is 6.59. The van der Waals surface area contributed by atoms with Crippen LogP contribution in [-0.4, -0.2) is 30.6 Å². The second-order valence-electron chi connectivity index (χ2n) is 8.29. The Morgan fingerprint density at radius 2 is 1.90 bits per heavy atom. The van der Waals surface area contributed by atoms with E-state index in [1.807, 2.05) is 13.0 Å². The van der Waals surface area contributed by atoms with E-state index in [1.54, 1.807) is 6.07 Å². The van der Waals surface area contributed by atoms with Gasteiger partial charge in [-0.2, -0.15) is 0 Å². The van der Waals surface area contributed by atoms with Gasteiger partial charge in [0, 0.05) is 30.3 Å². The van der Waals surface area contributed by atoms with Gasteiger partial charge < -0.3 is 4.74 Å². The van der Waals surface area contributed by atoms with Gasteiger partial charge in [0.2, 0.25) is 0 Å². The Hall–Kier alpha value is -2.64. The van der Waals surface area contributed by atoms with Crippen LogP contribution in [0.5, 0.6) is 0 Å². The molecular formula is C25H24FNO2. The number of nitrogens with zero attached hydrogens (tertiary/aromatic N) is 1. The molecule has 0 N–H and O–H groups in total. The van der Waals surface area contributed by atoms with Crippen LogP contribution in [-0.2, 0) is 16.0 Å². The molecule has 0 amide bonds. The van der Waals surface area contributed by atoms with Gasteiger partial charge in [-0.3, -0.25) is 9.69 Å². The number of ether oxygens (including phenoxy) is 1. The second kappa shape index (κ2) is 7.31. The predicted octanol–water partition coefficient (Wildman–Crippen LogP) is 3.95. The summed E-state index contributed by atoms with van der Waals surface area (Å²) in [6.45, 7) is 4.34. The topological polar surface area (TPSA) is 29.5 Å². The molecule has 5 rings (SSSR count). The number of carbonyl (C=O) groups excluding carboxylic acids is 1. The zero-order valence-corrected chi connectivity index (χ0v) is 16.5. The summed E-state index contributed by atoms with van der Waals surface area (Å²) in [5.41, 5.74) is 4.43. The Morgan fingerprint density at radius 3 is 2.62 bits per heavy atom. The maximum atomic E-state index is 13.3. The van der Waals surface area contributed by atoms with Crippen molar-refractivity contribution in [3.8, 4) is 11.8 Å². The molecule has 0 spiro atoms. The molecule has 4 atom stereocenters. The largest absolute Gasteiger partial charge is 0.466 e. The molecule has 1 saturated heterocycles. The smallest absolute Gasteiger partial charge is 0.309 e. The highest BCUT2D eigenvalue weighted by Gasteiger charge is 2.61. The van der Waals surface area contributed by atoms with Crippen LogP contribution in [0.1, 0.15) is 41.6 Å². The van der Waals surface area contributed by atoms with Gasteiger partial charge in [-0.1, -0.05) is 24.0 Å². The van der Waals surface area contributed by atoms with Gasteiger partial charge in [-0.05, 0) is 73.1 Å². The number of esters is 1. The number of likely N-dealkylation sites (tertiary alicyclic amines) is 1. The van der Waals surface area contributed by atoms with Gasteiger partial charge >= 0.3 is 5.97 Å². The first-order chi connectivity index (χ1) is 14.1. The molecule has 29 heavy (non-hydrogen) atoms. The third-order valence-corrected chi connectivity index (χ3v) is 6.59. The lowest BCUT2D eigenvalue weighted by Gasteiger charge is -2.27. The molecule has 2 aromatic carbocycles. The molecule has 1 aliphatic heterocycles. The number of carbonyl (C=O) groups is 1. The van der Waals surface area contributed by atoms with E-state index in [0.29, 0.717) is 30.0 Å². The summed E-state index contributed by atoms with van der Waals surface area (Å²) < 4.78 is 18.5. The molecule has 3 unspecified atom stereocenters. The number of piperidine rings is 1. The molecule has 1 saturated carbocycles. The molecular weight excluding hydrogens is 365 g/mol. The van der Waals surface area contributed by atoms with Crippen molar-refractivity contribution in [2.75, 3.05) is 19.7 Å². The van der Waals surface area contributed by atoms with Gasteiger partial charge in [0.1, 0.15) is 5.82 Å². The van der Waals surface area contributed by atoms with E-state index in [2.05, 4.69) is 34.9 Å². The minimum Gasteiger partial charge on any atom is -0.466 e. The zero-order valence-electron chi connectivity index (χ0n) is 16.5. The summed E-state index contributed by atoms with van der Waals surface area (Å²) in [7, 11) is 0. The first kappa shape index (κ1) is 18.4. The quantitative estimate of drug-likeness (QED) is 0.588. The van der Waals surface area contributed by atoms with Gasteiger partial charge in [0.25, 0.3) is 0 Å². The van der Waals surface area contributed by atoms with Gasteiger partial charge in [-0.15, -0.1) is 0 Å². The number of aryl methyl sites for hydroxylation is 1. The molecule has 2 fully saturated rings. The van der Waals surface area contributed by atoms with Crippen molar-refractivity contribution in [2.45, 2.75) is 25.8 Å². The Labute approximate surface area is 170 Å². The van der Waals surface area contributed by atoms with E-state index in [0.717, 1.165) is 31.5 Å². The molecule has 0 aromatic heterocycles. The van der Waals surface area contributed by atoms with Crippen LogP contribution in [0.15, 0.2) is 42.5 Å². The molecule has 148 valence electrons. The van der Waals surface area contributed by atoms with Crippen LogP contribution in [0.3, 0.4) is 0 Å². The van der Waals surface area contributed by atoms with Crippen molar-refractivity contribution in [1.82, 2.24) is 4.90 Å². The van der Waals surface area contributed by atoms with Gasteiger partial charge in [0.15, 0.2) is 0 Å². The molecule has 0 radical (unpaired) electrons. The van der Waals surface area contributed by atoms with Crippen LogP contribution in [0.2, 0.25) is 0 Å². The van der Waals surface area contributed by atoms with E-state index in [4.69, 9.17) is 4.74 Å².